The first-order valence-electron chi connectivity index (χ1n) is 6.29. The Balaban J connectivity index is 2.41. The molecule has 2 rings (SSSR count). The summed E-state index contributed by atoms with van der Waals surface area (Å²) in [5, 5.41) is 9.19. The number of benzene rings is 1. The number of carboxylic acids is 1. The summed E-state index contributed by atoms with van der Waals surface area (Å²) < 4.78 is 7.66. The summed E-state index contributed by atoms with van der Waals surface area (Å²) in [6, 6.07) is 4.70. The molecule has 0 unspecified atom stereocenters. The lowest BCUT2D eigenvalue weighted by Crippen LogP contribution is -2.21. The molecule has 0 aliphatic carbocycles. The number of halogens is 1. The van der Waals surface area contributed by atoms with Crippen molar-refractivity contribution in [2.45, 2.75) is 19.9 Å². The number of rotatable bonds is 5. The normalized spacial score (nSPS) is 10.4. The van der Waals surface area contributed by atoms with E-state index in [-0.39, 0.29) is 22.8 Å². The highest BCUT2D eigenvalue weighted by molar-refractivity contribution is 14.1. The average molecular weight is 400 g/mol. The summed E-state index contributed by atoms with van der Waals surface area (Å²) in [5.74, 6) is -1.15. The number of nitrogens with zero attached hydrogens (tertiary/aromatic N) is 2. The quantitative estimate of drug-likeness (QED) is 0.781. The molecule has 0 fully saturated rings. The topological polar surface area (TPSA) is 81.4 Å². The van der Waals surface area contributed by atoms with Gasteiger partial charge in [-0.3, -0.25) is 4.79 Å². The van der Waals surface area contributed by atoms with E-state index in [0.29, 0.717) is 6.54 Å². The summed E-state index contributed by atoms with van der Waals surface area (Å²) in [6.07, 6.45) is 3.83. The second-order valence-electron chi connectivity index (χ2n) is 4.28. The highest BCUT2D eigenvalue weighted by Gasteiger charge is 2.15. The van der Waals surface area contributed by atoms with Crippen molar-refractivity contribution >= 4 is 28.6 Å². The third-order valence-corrected chi connectivity index (χ3v) is 3.40. The number of carbonyl (C=O) groups is 1. The van der Waals surface area contributed by atoms with Gasteiger partial charge in [0.25, 0.3) is 5.88 Å². The Morgan fingerprint density at radius 2 is 2.24 bits per heavy atom. The largest absolute Gasteiger partial charge is 0.478 e. The highest BCUT2D eigenvalue weighted by atomic mass is 127. The van der Waals surface area contributed by atoms with Gasteiger partial charge in [0, 0.05) is 22.5 Å². The van der Waals surface area contributed by atoms with Crippen molar-refractivity contribution in [3.63, 3.8) is 0 Å². The second kappa shape index (κ2) is 6.70. The molecule has 7 heteroatoms. The van der Waals surface area contributed by atoms with Gasteiger partial charge in [-0.1, -0.05) is 6.92 Å². The van der Waals surface area contributed by atoms with Crippen molar-refractivity contribution in [2.24, 2.45) is 0 Å². The Morgan fingerprint density at radius 3 is 2.90 bits per heavy atom. The van der Waals surface area contributed by atoms with E-state index in [0.717, 1.165) is 9.99 Å². The van der Waals surface area contributed by atoms with Crippen LogP contribution in [0.3, 0.4) is 0 Å². The van der Waals surface area contributed by atoms with Crippen LogP contribution in [0.1, 0.15) is 23.7 Å². The molecule has 0 bridgehead atoms. The second-order valence-corrected chi connectivity index (χ2v) is 5.52. The molecule has 0 atom stereocenters. The zero-order chi connectivity index (χ0) is 15.4. The number of aromatic carboxylic acids is 1. The summed E-state index contributed by atoms with van der Waals surface area (Å²) in [5.41, 5.74) is -0.386. The van der Waals surface area contributed by atoms with Crippen molar-refractivity contribution in [2.75, 3.05) is 0 Å². The molecule has 1 aromatic heterocycles. The van der Waals surface area contributed by atoms with Crippen LogP contribution in [0.2, 0.25) is 0 Å². The predicted octanol–water partition coefficient (Wildman–Crippen LogP) is 2.75. The van der Waals surface area contributed by atoms with E-state index >= 15 is 0 Å². The first-order chi connectivity index (χ1) is 10.0. The average Bonchev–Trinajstić information content (AvgIpc) is 2.45. The van der Waals surface area contributed by atoms with Crippen molar-refractivity contribution < 1.29 is 14.6 Å². The summed E-state index contributed by atoms with van der Waals surface area (Å²) in [4.78, 5) is 27.3. The molecule has 0 aliphatic heterocycles. The summed E-state index contributed by atoms with van der Waals surface area (Å²) in [7, 11) is 0. The van der Waals surface area contributed by atoms with Crippen LogP contribution in [0.25, 0.3) is 0 Å². The third kappa shape index (κ3) is 3.60. The van der Waals surface area contributed by atoms with E-state index in [2.05, 4.69) is 4.98 Å². The van der Waals surface area contributed by atoms with Crippen molar-refractivity contribution in [3.05, 3.63) is 50.1 Å². The first kappa shape index (κ1) is 15.5. The van der Waals surface area contributed by atoms with Crippen molar-refractivity contribution in [3.8, 4) is 11.6 Å². The van der Waals surface area contributed by atoms with Gasteiger partial charge in [-0.15, -0.1) is 0 Å². The van der Waals surface area contributed by atoms with Crippen LogP contribution < -0.4 is 10.3 Å². The van der Waals surface area contributed by atoms with Crippen LogP contribution in [-0.2, 0) is 6.54 Å². The number of hydrogen-bond donors (Lipinski definition) is 1. The standard InChI is InChI=1S/C14H13IN2O4/c1-2-6-17-7-5-16-12(13(17)18)21-11-4-3-9(15)8-10(11)14(19)20/h3-5,7-8H,2,6H2,1H3,(H,19,20). The molecule has 1 aromatic carbocycles. The van der Waals surface area contributed by atoms with Crippen LogP contribution in [0.15, 0.2) is 35.4 Å². The SMILES string of the molecule is CCCn1ccnc(Oc2ccc(I)cc2C(=O)O)c1=O. The smallest absolute Gasteiger partial charge is 0.339 e. The van der Waals surface area contributed by atoms with E-state index in [4.69, 9.17) is 4.74 Å². The molecule has 2 aromatic rings. The maximum absolute atomic E-state index is 12.1. The Hall–Kier alpha value is -1.90. The zero-order valence-electron chi connectivity index (χ0n) is 11.2. The maximum Gasteiger partial charge on any atom is 0.339 e. The minimum absolute atomic E-state index is 0.00556. The Bertz CT molecular complexity index is 727. The molecular weight excluding hydrogens is 387 g/mol. The Morgan fingerprint density at radius 1 is 1.48 bits per heavy atom. The fourth-order valence-corrected chi connectivity index (χ4v) is 2.27. The van der Waals surface area contributed by atoms with E-state index in [1.54, 1.807) is 12.3 Å². The molecule has 6 nitrogen and oxygen atoms in total. The molecule has 0 saturated carbocycles. The molecule has 0 amide bonds. The lowest BCUT2D eigenvalue weighted by molar-refractivity contribution is 0.0694. The summed E-state index contributed by atoms with van der Waals surface area (Å²) in [6.45, 7) is 2.51. The van der Waals surface area contributed by atoms with Gasteiger partial charge in [0.15, 0.2) is 0 Å². The molecule has 21 heavy (non-hydrogen) atoms. The molecule has 1 heterocycles. The first-order valence-corrected chi connectivity index (χ1v) is 7.37. The number of hydrogen-bond acceptors (Lipinski definition) is 4. The number of aromatic nitrogens is 2. The van der Waals surface area contributed by atoms with Crippen LogP contribution >= 0.6 is 22.6 Å². The molecule has 0 spiro atoms. The molecule has 0 saturated heterocycles. The molecule has 0 radical (unpaired) electrons. The summed E-state index contributed by atoms with van der Waals surface area (Å²) >= 11 is 2.01. The van der Waals surface area contributed by atoms with Gasteiger partial charge in [0.05, 0.1) is 0 Å². The van der Waals surface area contributed by atoms with Gasteiger partial charge in [0.1, 0.15) is 11.3 Å². The monoisotopic (exact) mass is 400 g/mol. The van der Waals surface area contributed by atoms with Crippen LogP contribution in [0.4, 0.5) is 0 Å². The lowest BCUT2D eigenvalue weighted by Gasteiger charge is -2.09. The maximum atomic E-state index is 12.1. The van der Waals surface area contributed by atoms with E-state index in [1.165, 1.54) is 22.9 Å². The van der Waals surface area contributed by atoms with Crippen LogP contribution in [0, 0.1) is 3.57 Å². The Kier molecular flexibility index (Phi) is 4.94. The molecule has 1 N–H and O–H groups in total. The van der Waals surface area contributed by atoms with Gasteiger partial charge >= 0.3 is 11.5 Å². The Labute approximate surface area is 134 Å². The fraction of sp³-hybridized carbons (Fsp3) is 0.214. The van der Waals surface area contributed by atoms with E-state index in [9.17, 15) is 14.7 Å². The third-order valence-electron chi connectivity index (χ3n) is 2.73. The minimum Gasteiger partial charge on any atom is -0.478 e. The van der Waals surface area contributed by atoms with Gasteiger partial charge in [0.2, 0.25) is 0 Å². The number of aryl methyl sites for hydroxylation is 1. The van der Waals surface area contributed by atoms with Crippen LogP contribution in [0.5, 0.6) is 11.6 Å². The zero-order valence-corrected chi connectivity index (χ0v) is 13.4. The van der Waals surface area contributed by atoms with Gasteiger partial charge in [-0.05, 0) is 47.2 Å². The van der Waals surface area contributed by atoms with Gasteiger partial charge in [-0.2, -0.15) is 0 Å². The number of ether oxygens (including phenoxy) is 1. The molecule has 110 valence electrons. The minimum atomic E-state index is -1.12. The van der Waals surface area contributed by atoms with Crippen molar-refractivity contribution in [1.29, 1.82) is 0 Å². The fourth-order valence-electron chi connectivity index (χ4n) is 1.78. The molecule has 0 aliphatic rings. The lowest BCUT2D eigenvalue weighted by atomic mass is 10.2. The van der Waals surface area contributed by atoms with Crippen molar-refractivity contribution in [1.82, 2.24) is 9.55 Å². The van der Waals surface area contributed by atoms with Gasteiger partial charge < -0.3 is 14.4 Å². The van der Waals surface area contributed by atoms with E-state index in [1.807, 2.05) is 29.5 Å². The molecular formula is C14H13IN2O4. The van der Waals surface area contributed by atoms with Crippen LogP contribution in [-0.4, -0.2) is 20.6 Å². The van der Waals surface area contributed by atoms with E-state index < -0.39 is 5.97 Å². The predicted molar refractivity (Wildman–Crippen MR) is 85.0 cm³/mol. The van der Waals surface area contributed by atoms with Gasteiger partial charge in [-0.25, -0.2) is 9.78 Å². The number of carboxylic acid groups (broad SMARTS) is 1. The highest BCUT2D eigenvalue weighted by Crippen LogP contribution is 2.24.